The molecule has 1 unspecified atom stereocenters. The predicted molar refractivity (Wildman–Crippen MR) is 122 cm³/mol. The molecule has 1 aliphatic rings. The molecule has 2 nitrogen and oxygen atoms in total. The molecule has 3 aromatic rings. The third-order valence-corrected chi connectivity index (χ3v) is 7.79. The van der Waals surface area contributed by atoms with E-state index < -0.39 is 0 Å². The first-order valence-corrected chi connectivity index (χ1v) is 11.7. The molecule has 1 aromatic heterocycles. The van der Waals surface area contributed by atoms with Gasteiger partial charge in [0.2, 0.25) is 5.91 Å². The highest BCUT2D eigenvalue weighted by atomic mass is 32.2. The summed E-state index contributed by atoms with van der Waals surface area (Å²) in [6.07, 6.45) is 8.65. The minimum absolute atomic E-state index is 0.178. The van der Waals surface area contributed by atoms with Gasteiger partial charge in [0, 0.05) is 34.3 Å². The van der Waals surface area contributed by atoms with E-state index in [1.807, 2.05) is 34.2 Å². The Bertz CT molecular complexity index is 1060. The van der Waals surface area contributed by atoms with Crippen LogP contribution in [0, 0.1) is 12.3 Å². The first kappa shape index (κ1) is 19.2. The summed E-state index contributed by atoms with van der Waals surface area (Å²) in [7, 11) is 0. The standard InChI is InChI=1S/C24H23NOS2/c1-3-5-10-16-27-24-22-17-12-6-8-14-19(17)25(21(26)11-4-2)23(22)18-13-7-9-15-20(18)28-24/h1,6-9,12-15,24H,4-5,10-11,16H2,2H3. The zero-order chi connectivity index (χ0) is 19.5. The van der Waals surface area contributed by atoms with Gasteiger partial charge in [0.05, 0.1) is 15.8 Å². The van der Waals surface area contributed by atoms with Gasteiger partial charge in [-0.25, -0.2) is 0 Å². The van der Waals surface area contributed by atoms with Crippen molar-refractivity contribution in [1.29, 1.82) is 0 Å². The molecule has 2 aromatic carbocycles. The Labute approximate surface area is 175 Å². The van der Waals surface area contributed by atoms with Crippen LogP contribution >= 0.6 is 23.5 Å². The smallest absolute Gasteiger partial charge is 0.231 e. The van der Waals surface area contributed by atoms with Gasteiger partial charge in [0.1, 0.15) is 0 Å². The summed E-state index contributed by atoms with van der Waals surface area (Å²) >= 11 is 3.84. The summed E-state index contributed by atoms with van der Waals surface area (Å²) in [5, 5.41) is 1.19. The minimum Gasteiger partial charge on any atom is -0.279 e. The fourth-order valence-corrected chi connectivity index (χ4v) is 6.61. The summed E-state index contributed by atoms with van der Waals surface area (Å²) in [6, 6.07) is 16.8. The number of carbonyl (C=O) groups excluding carboxylic acids is 1. The zero-order valence-corrected chi connectivity index (χ0v) is 17.6. The summed E-state index contributed by atoms with van der Waals surface area (Å²) in [5.41, 5.74) is 4.57. The quantitative estimate of drug-likeness (QED) is 0.325. The molecule has 142 valence electrons. The fourth-order valence-electron chi connectivity index (χ4n) is 3.77. The van der Waals surface area contributed by atoms with Gasteiger partial charge in [0.25, 0.3) is 0 Å². The van der Waals surface area contributed by atoms with E-state index in [2.05, 4.69) is 55.3 Å². The number of benzene rings is 2. The average Bonchev–Trinajstić information content (AvgIpc) is 3.07. The molecule has 0 N–H and O–H groups in total. The maximum atomic E-state index is 13.1. The SMILES string of the molecule is C#CCCCSC1Sc2ccccc2-c2c1c1ccccc1n2C(=O)CCC. The summed E-state index contributed by atoms with van der Waals surface area (Å²) in [6.45, 7) is 2.06. The van der Waals surface area contributed by atoms with Gasteiger partial charge in [-0.3, -0.25) is 9.36 Å². The highest BCUT2D eigenvalue weighted by Gasteiger charge is 2.33. The highest BCUT2D eigenvalue weighted by molar-refractivity contribution is 8.16. The molecule has 0 aliphatic carbocycles. The largest absolute Gasteiger partial charge is 0.279 e. The maximum Gasteiger partial charge on any atom is 0.231 e. The molecular weight excluding hydrogens is 382 g/mol. The van der Waals surface area contributed by atoms with Gasteiger partial charge in [-0.2, -0.15) is 0 Å². The Morgan fingerprint density at radius 3 is 2.82 bits per heavy atom. The van der Waals surface area contributed by atoms with E-state index in [1.165, 1.54) is 21.4 Å². The average molecular weight is 406 g/mol. The van der Waals surface area contributed by atoms with Crippen LogP contribution < -0.4 is 0 Å². The second-order valence-corrected chi connectivity index (χ2v) is 9.54. The molecule has 1 atom stereocenters. The second-order valence-electron chi connectivity index (χ2n) is 6.88. The van der Waals surface area contributed by atoms with Gasteiger partial charge in [-0.1, -0.05) is 43.3 Å². The molecule has 1 aliphatic heterocycles. The molecule has 0 bridgehead atoms. The van der Waals surface area contributed by atoms with Gasteiger partial charge < -0.3 is 0 Å². The van der Waals surface area contributed by atoms with Crippen molar-refractivity contribution in [3.8, 4) is 23.6 Å². The summed E-state index contributed by atoms with van der Waals surface area (Å²) in [4.78, 5) is 14.4. The fraction of sp³-hybridized carbons (Fsp3) is 0.292. The van der Waals surface area contributed by atoms with Crippen LogP contribution in [0.15, 0.2) is 53.4 Å². The van der Waals surface area contributed by atoms with E-state index >= 15 is 0 Å². The molecule has 0 amide bonds. The Morgan fingerprint density at radius 2 is 2.00 bits per heavy atom. The Balaban J connectivity index is 1.91. The third kappa shape index (κ3) is 3.38. The lowest BCUT2D eigenvalue weighted by molar-refractivity contribution is 0.0909. The van der Waals surface area contributed by atoms with E-state index in [0.29, 0.717) is 6.42 Å². The first-order valence-electron chi connectivity index (χ1n) is 9.74. The summed E-state index contributed by atoms with van der Waals surface area (Å²) < 4.78 is 2.24. The molecule has 0 spiro atoms. The number of fused-ring (bicyclic) bond motifs is 5. The van der Waals surface area contributed by atoms with Crippen LogP contribution in [0.1, 0.15) is 47.5 Å². The number of para-hydroxylation sites is 1. The molecule has 0 radical (unpaired) electrons. The lowest BCUT2D eigenvalue weighted by atomic mass is 10.1. The molecule has 4 heteroatoms. The summed E-state index contributed by atoms with van der Waals surface area (Å²) in [5.74, 6) is 3.93. The number of carbonyl (C=O) groups is 1. The molecule has 0 saturated carbocycles. The van der Waals surface area contributed by atoms with Crippen LogP contribution in [0.25, 0.3) is 22.2 Å². The second kappa shape index (κ2) is 8.51. The Kier molecular flexibility index (Phi) is 5.85. The topological polar surface area (TPSA) is 22.0 Å². The number of rotatable bonds is 6. The molecule has 2 heterocycles. The Hall–Kier alpha value is -2.09. The first-order chi connectivity index (χ1) is 13.8. The van der Waals surface area contributed by atoms with E-state index in [0.717, 1.165) is 36.2 Å². The normalized spacial score (nSPS) is 15.1. The lowest BCUT2D eigenvalue weighted by Gasteiger charge is -2.26. The molecule has 4 rings (SSSR count). The monoisotopic (exact) mass is 405 g/mol. The Morgan fingerprint density at radius 1 is 1.21 bits per heavy atom. The van der Waals surface area contributed by atoms with Crippen molar-refractivity contribution in [2.24, 2.45) is 0 Å². The van der Waals surface area contributed by atoms with Crippen molar-refractivity contribution < 1.29 is 4.79 Å². The minimum atomic E-state index is 0.178. The van der Waals surface area contributed by atoms with Crippen LogP contribution in [-0.2, 0) is 0 Å². The van der Waals surface area contributed by atoms with E-state index in [1.54, 1.807) is 0 Å². The van der Waals surface area contributed by atoms with Crippen molar-refractivity contribution in [3.05, 3.63) is 54.1 Å². The number of terminal acetylenes is 1. The predicted octanol–water partition coefficient (Wildman–Crippen LogP) is 7.00. The van der Waals surface area contributed by atoms with Crippen molar-refractivity contribution >= 4 is 40.3 Å². The van der Waals surface area contributed by atoms with Crippen molar-refractivity contribution in [2.75, 3.05) is 5.75 Å². The van der Waals surface area contributed by atoms with Gasteiger partial charge in [-0.05, 0) is 30.7 Å². The van der Waals surface area contributed by atoms with Crippen molar-refractivity contribution in [3.63, 3.8) is 0 Å². The number of nitrogens with zero attached hydrogens (tertiary/aromatic N) is 1. The lowest BCUT2D eigenvalue weighted by Crippen LogP contribution is -2.13. The molecule has 0 saturated heterocycles. The van der Waals surface area contributed by atoms with E-state index in [9.17, 15) is 4.79 Å². The number of aromatic nitrogens is 1. The van der Waals surface area contributed by atoms with Crippen LogP contribution in [0.2, 0.25) is 0 Å². The number of hydrogen-bond donors (Lipinski definition) is 0. The van der Waals surface area contributed by atoms with Gasteiger partial charge in [-0.15, -0.1) is 35.9 Å². The number of unbranched alkanes of at least 4 members (excludes halogenated alkanes) is 1. The molecule has 28 heavy (non-hydrogen) atoms. The van der Waals surface area contributed by atoms with E-state index in [-0.39, 0.29) is 10.5 Å². The third-order valence-electron chi connectivity index (χ3n) is 4.97. The number of thioether (sulfide) groups is 2. The van der Waals surface area contributed by atoms with Crippen LogP contribution in [0.3, 0.4) is 0 Å². The van der Waals surface area contributed by atoms with Crippen LogP contribution in [-0.4, -0.2) is 16.2 Å². The van der Waals surface area contributed by atoms with Crippen molar-refractivity contribution in [1.82, 2.24) is 4.57 Å². The molecule has 0 fully saturated rings. The van der Waals surface area contributed by atoms with E-state index in [4.69, 9.17) is 6.42 Å². The van der Waals surface area contributed by atoms with Gasteiger partial charge in [0.15, 0.2) is 0 Å². The van der Waals surface area contributed by atoms with Crippen LogP contribution in [0.4, 0.5) is 0 Å². The zero-order valence-electron chi connectivity index (χ0n) is 16.0. The number of hydrogen-bond acceptors (Lipinski definition) is 3. The highest BCUT2D eigenvalue weighted by Crippen LogP contribution is 2.56. The maximum absolute atomic E-state index is 13.1. The van der Waals surface area contributed by atoms with Gasteiger partial charge >= 0.3 is 0 Å². The molecular formula is C24H23NOS2. The van der Waals surface area contributed by atoms with Crippen LogP contribution in [0.5, 0.6) is 0 Å². The van der Waals surface area contributed by atoms with Crippen molar-refractivity contribution in [2.45, 2.75) is 42.1 Å².